The number of aliphatic hydroxyl groups is 2. The molecule has 3 N–H and O–H groups in total. The maximum atomic E-state index is 12.4. The Hall–Kier alpha value is -2.64. The van der Waals surface area contributed by atoms with Gasteiger partial charge in [-0.25, -0.2) is 4.79 Å². The summed E-state index contributed by atoms with van der Waals surface area (Å²) in [6, 6.07) is 2.84. The van der Waals surface area contributed by atoms with E-state index in [4.69, 9.17) is 9.47 Å². The van der Waals surface area contributed by atoms with E-state index < -0.39 is 30.1 Å². The maximum Gasteiger partial charge on any atom is 0.342 e. The molecular formula is C19H22O7. The van der Waals surface area contributed by atoms with Gasteiger partial charge in [0.1, 0.15) is 29.3 Å². The average molecular weight is 362 g/mol. The lowest BCUT2D eigenvalue weighted by atomic mass is 10.0. The second-order valence-corrected chi connectivity index (χ2v) is 6.02. The molecule has 3 atom stereocenters. The quantitative estimate of drug-likeness (QED) is 0.650. The highest BCUT2D eigenvalue weighted by Crippen LogP contribution is 2.30. The predicted octanol–water partition coefficient (Wildman–Crippen LogP) is 1.60. The van der Waals surface area contributed by atoms with Gasteiger partial charge in [-0.05, 0) is 31.1 Å². The topological polar surface area (TPSA) is 113 Å². The number of hydrogen-bond donors (Lipinski definition) is 3. The van der Waals surface area contributed by atoms with Gasteiger partial charge in [-0.15, -0.1) is 0 Å². The molecule has 7 heteroatoms. The number of phenols is 1. The Labute approximate surface area is 151 Å². The summed E-state index contributed by atoms with van der Waals surface area (Å²) in [5, 5.41) is 30.0. The van der Waals surface area contributed by atoms with Gasteiger partial charge in [-0.1, -0.05) is 18.2 Å². The van der Waals surface area contributed by atoms with Crippen molar-refractivity contribution in [3.05, 3.63) is 41.5 Å². The number of phenolic OH excluding ortho intramolecular Hbond substituents is 1. The number of carbonyl (C=O) groups excluding carboxylic acids is 2. The number of cyclic esters (lactones) is 1. The molecule has 1 aromatic rings. The molecule has 0 fully saturated rings. The van der Waals surface area contributed by atoms with Crippen molar-refractivity contribution in [1.29, 1.82) is 0 Å². The van der Waals surface area contributed by atoms with Crippen molar-refractivity contribution in [3.8, 4) is 11.5 Å². The molecule has 0 saturated heterocycles. The Balaban J connectivity index is 2.45. The van der Waals surface area contributed by atoms with Crippen LogP contribution in [0.15, 0.2) is 30.4 Å². The smallest absolute Gasteiger partial charge is 0.342 e. The largest absolute Gasteiger partial charge is 0.507 e. The van der Waals surface area contributed by atoms with E-state index in [1.54, 1.807) is 6.92 Å². The predicted molar refractivity (Wildman–Crippen MR) is 94.0 cm³/mol. The number of hydrogen-bond acceptors (Lipinski definition) is 7. The summed E-state index contributed by atoms with van der Waals surface area (Å²) in [7, 11) is 1.42. The second kappa shape index (κ2) is 8.64. The number of ether oxygens (including phenoxy) is 2. The van der Waals surface area contributed by atoms with E-state index in [2.05, 4.69) is 0 Å². The van der Waals surface area contributed by atoms with Crippen LogP contribution in [0, 0.1) is 0 Å². The van der Waals surface area contributed by atoms with Crippen LogP contribution in [0.2, 0.25) is 0 Å². The average Bonchev–Trinajstić information content (AvgIpc) is 2.59. The molecule has 0 bridgehead atoms. The number of ketones is 1. The number of fused-ring (bicyclic) bond motifs is 1. The van der Waals surface area contributed by atoms with Gasteiger partial charge in [0.05, 0.1) is 13.2 Å². The molecule has 0 spiro atoms. The van der Waals surface area contributed by atoms with Gasteiger partial charge in [0, 0.05) is 12.5 Å². The van der Waals surface area contributed by atoms with Crippen molar-refractivity contribution in [1.82, 2.24) is 0 Å². The first-order valence-corrected chi connectivity index (χ1v) is 8.18. The minimum atomic E-state index is -1.55. The first kappa shape index (κ1) is 19.7. The van der Waals surface area contributed by atoms with Crippen molar-refractivity contribution in [2.75, 3.05) is 7.11 Å². The third kappa shape index (κ3) is 4.71. The summed E-state index contributed by atoms with van der Waals surface area (Å²) >= 11 is 0. The molecule has 140 valence electrons. The van der Waals surface area contributed by atoms with E-state index in [9.17, 15) is 24.9 Å². The van der Waals surface area contributed by atoms with Crippen molar-refractivity contribution in [3.63, 3.8) is 0 Å². The zero-order valence-electron chi connectivity index (χ0n) is 14.6. The van der Waals surface area contributed by atoms with Crippen molar-refractivity contribution in [2.24, 2.45) is 0 Å². The SMILES string of the molecule is COc1cc(O)c2c(c1)/C=C\C[C@H](O)[C@H](O)C(=O)/C=C/C[C@@H](C)OC2=O. The van der Waals surface area contributed by atoms with Crippen LogP contribution in [0.3, 0.4) is 0 Å². The standard InChI is InChI=1S/C19H22O7/c1-11-5-3-7-14(20)18(23)15(21)8-4-6-12-9-13(25-2)10-16(22)17(12)19(24)26-11/h3-4,6-7,9-11,15,18,21-23H,5,8H2,1-2H3/b6-4-,7-3+/t11-,15+,18-/m1/s1. The Morgan fingerprint density at radius 3 is 2.50 bits per heavy atom. The Kier molecular flexibility index (Phi) is 6.54. The number of methoxy groups -OCH3 is 1. The third-order valence-corrected chi connectivity index (χ3v) is 3.95. The lowest BCUT2D eigenvalue weighted by Crippen LogP contribution is -2.32. The van der Waals surface area contributed by atoms with Crippen LogP contribution in [0.1, 0.15) is 35.7 Å². The molecule has 0 aliphatic carbocycles. The fraction of sp³-hybridized carbons (Fsp3) is 0.368. The molecule has 2 rings (SSSR count). The van der Waals surface area contributed by atoms with E-state index in [1.807, 2.05) is 0 Å². The van der Waals surface area contributed by atoms with Crippen LogP contribution in [0.4, 0.5) is 0 Å². The first-order valence-electron chi connectivity index (χ1n) is 8.18. The highest BCUT2D eigenvalue weighted by atomic mass is 16.5. The molecule has 26 heavy (non-hydrogen) atoms. The van der Waals surface area contributed by atoms with E-state index in [-0.39, 0.29) is 24.2 Å². The van der Waals surface area contributed by atoms with E-state index >= 15 is 0 Å². The number of rotatable bonds is 1. The maximum absolute atomic E-state index is 12.4. The van der Waals surface area contributed by atoms with Crippen LogP contribution >= 0.6 is 0 Å². The van der Waals surface area contributed by atoms with Gasteiger partial charge >= 0.3 is 5.97 Å². The Morgan fingerprint density at radius 2 is 1.81 bits per heavy atom. The fourth-order valence-corrected chi connectivity index (χ4v) is 2.51. The number of carbonyl (C=O) groups is 2. The number of benzene rings is 1. The molecule has 0 radical (unpaired) electrons. The van der Waals surface area contributed by atoms with Crippen molar-refractivity contribution >= 4 is 17.8 Å². The summed E-state index contributed by atoms with van der Waals surface area (Å²) in [5.41, 5.74) is 0.306. The van der Waals surface area contributed by atoms with Crippen LogP contribution < -0.4 is 4.74 Å². The molecular weight excluding hydrogens is 340 g/mol. The van der Waals surface area contributed by atoms with Gasteiger partial charge in [0.2, 0.25) is 0 Å². The molecule has 1 heterocycles. The van der Waals surface area contributed by atoms with Crippen LogP contribution in [0.25, 0.3) is 6.08 Å². The molecule has 0 unspecified atom stereocenters. The minimum Gasteiger partial charge on any atom is -0.507 e. The summed E-state index contributed by atoms with van der Waals surface area (Å²) in [5.74, 6) is -1.29. The molecule has 0 amide bonds. The molecule has 1 aliphatic rings. The monoisotopic (exact) mass is 362 g/mol. The number of esters is 1. The van der Waals surface area contributed by atoms with Crippen molar-refractivity contribution in [2.45, 2.75) is 38.1 Å². The lowest BCUT2D eigenvalue weighted by Gasteiger charge is -2.16. The van der Waals surface area contributed by atoms with Gasteiger partial charge in [0.25, 0.3) is 0 Å². The number of aliphatic hydroxyl groups excluding tert-OH is 2. The van der Waals surface area contributed by atoms with Gasteiger partial charge in [-0.3, -0.25) is 4.79 Å². The highest BCUT2D eigenvalue weighted by Gasteiger charge is 2.23. The third-order valence-electron chi connectivity index (χ3n) is 3.95. The summed E-state index contributed by atoms with van der Waals surface area (Å²) in [6.07, 6.45) is 2.42. The molecule has 0 saturated carbocycles. The van der Waals surface area contributed by atoms with E-state index in [0.717, 1.165) is 6.08 Å². The van der Waals surface area contributed by atoms with Gasteiger partial charge in [0.15, 0.2) is 5.78 Å². The van der Waals surface area contributed by atoms with Crippen LogP contribution in [0.5, 0.6) is 11.5 Å². The van der Waals surface area contributed by atoms with Crippen LogP contribution in [-0.2, 0) is 9.53 Å². The van der Waals surface area contributed by atoms with Crippen LogP contribution in [-0.4, -0.2) is 52.5 Å². The molecule has 1 aliphatic heterocycles. The molecule has 7 nitrogen and oxygen atoms in total. The minimum absolute atomic E-state index is 0.0242. The van der Waals surface area contributed by atoms with Gasteiger partial charge in [-0.2, -0.15) is 0 Å². The summed E-state index contributed by atoms with van der Waals surface area (Å²) in [6.45, 7) is 1.64. The molecule has 1 aromatic carbocycles. The Morgan fingerprint density at radius 1 is 1.12 bits per heavy atom. The first-order chi connectivity index (χ1) is 12.3. The zero-order chi connectivity index (χ0) is 19.3. The summed E-state index contributed by atoms with van der Waals surface area (Å²) in [4.78, 5) is 24.3. The van der Waals surface area contributed by atoms with Crippen molar-refractivity contribution < 1.29 is 34.4 Å². The summed E-state index contributed by atoms with van der Waals surface area (Å²) < 4.78 is 10.4. The van der Waals surface area contributed by atoms with Gasteiger partial charge < -0.3 is 24.8 Å². The highest BCUT2D eigenvalue weighted by molar-refractivity contribution is 5.97. The normalized spacial score (nSPS) is 27.0. The fourth-order valence-electron chi connectivity index (χ4n) is 2.51. The number of aromatic hydroxyl groups is 1. The second-order valence-electron chi connectivity index (χ2n) is 6.02. The van der Waals surface area contributed by atoms with E-state index in [0.29, 0.717) is 11.3 Å². The Bertz CT molecular complexity index is 736. The zero-order valence-corrected chi connectivity index (χ0v) is 14.6. The molecule has 0 aromatic heterocycles. The lowest BCUT2D eigenvalue weighted by molar-refractivity contribution is -0.127. The van der Waals surface area contributed by atoms with E-state index in [1.165, 1.54) is 37.5 Å².